The highest BCUT2D eigenvalue weighted by Crippen LogP contribution is 2.29. The molecule has 1 rings (SSSR count). The molecule has 0 aromatic heterocycles. The Morgan fingerprint density at radius 1 is 1.40 bits per heavy atom. The van der Waals surface area contributed by atoms with Crippen molar-refractivity contribution in [1.29, 1.82) is 0 Å². The summed E-state index contributed by atoms with van der Waals surface area (Å²) in [5, 5.41) is 12.6. The smallest absolute Gasteiger partial charge is 0.324 e. The van der Waals surface area contributed by atoms with Gasteiger partial charge in [-0.2, -0.15) is 13.2 Å². The number of carbonyl (C=O) groups is 1. The van der Waals surface area contributed by atoms with Crippen LogP contribution in [0.5, 0.6) is 0 Å². The predicted molar refractivity (Wildman–Crippen MR) is 65.1 cm³/mol. The van der Waals surface area contributed by atoms with E-state index in [1.807, 2.05) is 5.32 Å². The average molecular weight is 291 g/mol. The molecule has 1 aromatic carbocycles. The largest absolute Gasteiger partial charge is 0.415 e. The number of halogens is 3. The van der Waals surface area contributed by atoms with Gasteiger partial charge in [0.15, 0.2) is 5.54 Å². The van der Waals surface area contributed by atoms with Crippen LogP contribution in [0.25, 0.3) is 0 Å². The van der Waals surface area contributed by atoms with E-state index in [-0.39, 0.29) is 16.9 Å². The lowest BCUT2D eigenvalue weighted by Gasteiger charge is -2.26. The van der Waals surface area contributed by atoms with Gasteiger partial charge in [0.1, 0.15) is 0 Å². The van der Waals surface area contributed by atoms with Crippen molar-refractivity contribution in [3.05, 3.63) is 33.9 Å². The molecule has 0 radical (unpaired) electrons. The lowest BCUT2D eigenvalue weighted by molar-refractivity contribution is -0.385. The van der Waals surface area contributed by atoms with Gasteiger partial charge in [0.25, 0.3) is 11.6 Å². The Labute approximate surface area is 111 Å². The summed E-state index contributed by atoms with van der Waals surface area (Å²) in [5.41, 5.74) is 1.91. The van der Waals surface area contributed by atoms with E-state index in [2.05, 4.69) is 0 Å². The SMILES string of the molecule is Cc1cc(NC(=O)C(C)(N)C(F)(F)F)ccc1[N+](=O)[O-]. The second kappa shape index (κ2) is 5.08. The molecule has 110 valence electrons. The molecule has 1 atom stereocenters. The van der Waals surface area contributed by atoms with Gasteiger partial charge in [0, 0.05) is 17.3 Å². The maximum absolute atomic E-state index is 12.6. The quantitative estimate of drug-likeness (QED) is 0.658. The fourth-order valence-electron chi connectivity index (χ4n) is 1.33. The molecule has 0 aliphatic rings. The molecule has 0 aliphatic heterocycles. The van der Waals surface area contributed by atoms with Crippen molar-refractivity contribution in [2.45, 2.75) is 25.6 Å². The van der Waals surface area contributed by atoms with Crippen molar-refractivity contribution in [3.8, 4) is 0 Å². The Bertz CT molecular complexity index is 556. The molecule has 0 spiro atoms. The van der Waals surface area contributed by atoms with E-state index in [0.717, 1.165) is 12.1 Å². The highest BCUT2D eigenvalue weighted by Gasteiger charge is 2.53. The first-order valence-corrected chi connectivity index (χ1v) is 5.39. The Kier molecular flexibility index (Phi) is 4.04. The summed E-state index contributed by atoms with van der Waals surface area (Å²) in [6, 6.07) is 3.42. The van der Waals surface area contributed by atoms with Crippen molar-refractivity contribution < 1.29 is 22.9 Å². The molecule has 1 amide bonds. The molecule has 9 heteroatoms. The van der Waals surface area contributed by atoms with Crippen LogP contribution in [0.4, 0.5) is 24.5 Å². The van der Waals surface area contributed by atoms with Crippen molar-refractivity contribution in [1.82, 2.24) is 0 Å². The van der Waals surface area contributed by atoms with Crippen molar-refractivity contribution >= 4 is 17.3 Å². The number of nitrogens with zero attached hydrogens (tertiary/aromatic N) is 1. The summed E-state index contributed by atoms with van der Waals surface area (Å²) < 4.78 is 37.7. The number of amides is 1. The number of nitrogens with one attached hydrogen (secondary N) is 1. The number of benzene rings is 1. The normalized spacial score (nSPS) is 14.5. The summed E-state index contributed by atoms with van der Waals surface area (Å²) in [6.07, 6.45) is -4.91. The number of anilines is 1. The summed E-state index contributed by atoms with van der Waals surface area (Å²) in [4.78, 5) is 21.5. The molecule has 0 saturated carbocycles. The van der Waals surface area contributed by atoms with Gasteiger partial charge in [-0.05, 0) is 26.0 Å². The third-order valence-corrected chi connectivity index (χ3v) is 2.71. The van der Waals surface area contributed by atoms with Gasteiger partial charge in [-0.1, -0.05) is 0 Å². The first-order valence-electron chi connectivity index (χ1n) is 5.39. The van der Waals surface area contributed by atoms with Crippen molar-refractivity contribution in [2.24, 2.45) is 5.73 Å². The van der Waals surface area contributed by atoms with Gasteiger partial charge >= 0.3 is 6.18 Å². The summed E-state index contributed by atoms with van der Waals surface area (Å²) in [6.45, 7) is 1.94. The number of rotatable bonds is 3. The van der Waals surface area contributed by atoms with Crippen LogP contribution in [-0.4, -0.2) is 22.5 Å². The molecular formula is C11H12F3N3O3. The summed E-state index contributed by atoms with van der Waals surface area (Å²) in [5.74, 6) is -1.45. The zero-order chi connectivity index (χ0) is 15.7. The number of nitro benzene ring substituents is 1. The highest BCUT2D eigenvalue weighted by molar-refractivity contribution is 5.98. The molecule has 0 saturated heterocycles. The second-order valence-electron chi connectivity index (χ2n) is 4.41. The van der Waals surface area contributed by atoms with E-state index in [0.29, 0.717) is 6.92 Å². The zero-order valence-electron chi connectivity index (χ0n) is 10.6. The van der Waals surface area contributed by atoms with Crippen LogP contribution in [0.1, 0.15) is 12.5 Å². The maximum Gasteiger partial charge on any atom is 0.415 e. The fourth-order valence-corrected chi connectivity index (χ4v) is 1.33. The number of aryl methyl sites for hydroxylation is 1. The lowest BCUT2D eigenvalue weighted by Crippen LogP contribution is -2.59. The van der Waals surface area contributed by atoms with Gasteiger partial charge in [0.05, 0.1) is 4.92 Å². The van der Waals surface area contributed by atoms with Crippen LogP contribution >= 0.6 is 0 Å². The van der Waals surface area contributed by atoms with Crippen LogP contribution < -0.4 is 11.1 Å². The summed E-state index contributed by atoms with van der Waals surface area (Å²) >= 11 is 0. The Morgan fingerprint density at radius 2 is 1.95 bits per heavy atom. The number of alkyl halides is 3. The van der Waals surface area contributed by atoms with Crippen molar-refractivity contribution in [2.75, 3.05) is 5.32 Å². The van der Waals surface area contributed by atoms with Gasteiger partial charge in [-0.25, -0.2) is 0 Å². The molecule has 0 aliphatic carbocycles. The van der Waals surface area contributed by atoms with Gasteiger partial charge in [0.2, 0.25) is 0 Å². The van der Waals surface area contributed by atoms with Gasteiger partial charge < -0.3 is 11.1 Å². The molecule has 1 unspecified atom stereocenters. The van der Waals surface area contributed by atoms with E-state index in [4.69, 9.17) is 5.73 Å². The minimum absolute atomic E-state index is 0.000903. The van der Waals surface area contributed by atoms with E-state index < -0.39 is 22.5 Å². The Hall–Kier alpha value is -2.16. The van der Waals surface area contributed by atoms with Crippen LogP contribution in [0, 0.1) is 17.0 Å². The number of carbonyl (C=O) groups excluding carboxylic acids is 1. The van der Waals surface area contributed by atoms with Crippen molar-refractivity contribution in [3.63, 3.8) is 0 Å². The number of nitrogens with two attached hydrogens (primary N) is 1. The molecule has 3 N–H and O–H groups in total. The van der Waals surface area contributed by atoms with Crippen LogP contribution in [0.3, 0.4) is 0 Å². The number of hydrogen-bond acceptors (Lipinski definition) is 4. The first-order chi connectivity index (χ1) is 8.96. The summed E-state index contributed by atoms with van der Waals surface area (Å²) in [7, 11) is 0. The van der Waals surface area contributed by atoms with E-state index >= 15 is 0 Å². The van der Waals surface area contributed by atoms with Crippen LogP contribution in [0.2, 0.25) is 0 Å². The molecule has 0 bridgehead atoms. The van der Waals surface area contributed by atoms with Gasteiger partial charge in [-0.15, -0.1) is 0 Å². The third kappa shape index (κ3) is 3.05. The average Bonchev–Trinajstić information content (AvgIpc) is 2.26. The standard InChI is InChI=1S/C11H12F3N3O3/c1-6-5-7(3-4-8(6)17(19)20)16-9(18)10(2,15)11(12,13)14/h3-5H,15H2,1-2H3,(H,16,18). The maximum atomic E-state index is 12.6. The highest BCUT2D eigenvalue weighted by atomic mass is 19.4. The Balaban J connectivity index is 2.98. The van der Waals surface area contributed by atoms with Crippen LogP contribution in [0.15, 0.2) is 18.2 Å². The van der Waals surface area contributed by atoms with E-state index in [1.54, 1.807) is 0 Å². The monoisotopic (exact) mass is 291 g/mol. The minimum atomic E-state index is -4.91. The molecular weight excluding hydrogens is 279 g/mol. The molecule has 6 nitrogen and oxygen atoms in total. The molecule has 0 fully saturated rings. The van der Waals surface area contributed by atoms with Crippen LogP contribution in [-0.2, 0) is 4.79 Å². The van der Waals surface area contributed by atoms with E-state index in [9.17, 15) is 28.1 Å². The van der Waals surface area contributed by atoms with E-state index in [1.165, 1.54) is 13.0 Å². The number of nitro groups is 1. The predicted octanol–water partition coefficient (Wildman–Crippen LogP) is 2.12. The molecule has 1 aromatic rings. The first kappa shape index (κ1) is 15.9. The topological polar surface area (TPSA) is 98.3 Å². The minimum Gasteiger partial charge on any atom is -0.324 e. The lowest BCUT2D eigenvalue weighted by atomic mass is 10.0. The Morgan fingerprint density at radius 3 is 2.35 bits per heavy atom. The third-order valence-electron chi connectivity index (χ3n) is 2.71. The second-order valence-corrected chi connectivity index (χ2v) is 4.41. The zero-order valence-corrected chi connectivity index (χ0v) is 10.6. The fraction of sp³-hybridized carbons (Fsp3) is 0.364. The van der Waals surface area contributed by atoms with Gasteiger partial charge in [-0.3, -0.25) is 14.9 Å². The molecule has 20 heavy (non-hydrogen) atoms. The number of hydrogen-bond donors (Lipinski definition) is 2. The molecule has 0 heterocycles.